The Hall–Kier alpha value is -0.0800. The monoisotopic (exact) mass is 253 g/mol. The molecule has 0 amide bonds. The molecule has 2 aliphatic rings. The summed E-state index contributed by atoms with van der Waals surface area (Å²) in [7, 11) is 0. The Kier molecular flexibility index (Phi) is 5.97. The van der Waals surface area contributed by atoms with E-state index in [1.54, 1.807) is 0 Å². The molecule has 0 aromatic rings. The Bertz CT molecular complexity index is 225. The molecule has 2 nitrogen and oxygen atoms in total. The first-order valence-corrected chi connectivity index (χ1v) is 8.20. The van der Waals surface area contributed by atoms with Crippen molar-refractivity contribution in [2.24, 2.45) is 11.8 Å². The fraction of sp³-hybridized carbons (Fsp3) is 1.00. The Morgan fingerprint density at radius 1 is 1.17 bits per heavy atom. The minimum Gasteiger partial charge on any atom is -0.377 e. The highest BCUT2D eigenvalue weighted by atomic mass is 16.5. The Labute approximate surface area is 113 Å². The van der Waals surface area contributed by atoms with Crippen LogP contribution in [0.25, 0.3) is 0 Å². The van der Waals surface area contributed by atoms with Crippen molar-refractivity contribution in [2.75, 3.05) is 13.2 Å². The van der Waals surface area contributed by atoms with Gasteiger partial charge in [0.15, 0.2) is 0 Å². The lowest BCUT2D eigenvalue weighted by Gasteiger charge is -2.37. The van der Waals surface area contributed by atoms with Crippen molar-refractivity contribution < 1.29 is 4.74 Å². The van der Waals surface area contributed by atoms with Gasteiger partial charge in [0.1, 0.15) is 0 Å². The van der Waals surface area contributed by atoms with Gasteiger partial charge in [-0.1, -0.05) is 33.1 Å². The molecular formula is C16H31NO. The van der Waals surface area contributed by atoms with Gasteiger partial charge in [-0.05, 0) is 50.5 Å². The SMILES string of the molecule is CCCNC(C1CCCC(CC)C1)C1CCCO1. The smallest absolute Gasteiger partial charge is 0.0731 e. The van der Waals surface area contributed by atoms with Gasteiger partial charge < -0.3 is 10.1 Å². The molecule has 4 atom stereocenters. The lowest BCUT2D eigenvalue weighted by molar-refractivity contribution is 0.0432. The number of nitrogens with one attached hydrogen (secondary N) is 1. The quantitative estimate of drug-likeness (QED) is 0.778. The average molecular weight is 253 g/mol. The summed E-state index contributed by atoms with van der Waals surface area (Å²) in [6.45, 7) is 6.75. The zero-order valence-electron chi connectivity index (χ0n) is 12.3. The van der Waals surface area contributed by atoms with Crippen LogP contribution in [-0.4, -0.2) is 25.3 Å². The van der Waals surface area contributed by atoms with E-state index < -0.39 is 0 Å². The van der Waals surface area contributed by atoms with Crippen LogP contribution in [0.5, 0.6) is 0 Å². The molecule has 18 heavy (non-hydrogen) atoms. The first kappa shape index (κ1) is 14.3. The Balaban J connectivity index is 1.93. The summed E-state index contributed by atoms with van der Waals surface area (Å²) in [5.74, 6) is 1.83. The van der Waals surface area contributed by atoms with Crippen molar-refractivity contribution in [1.82, 2.24) is 5.32 Å². The van der Waals surface area contributed by atoms with Gasteiger partial charge in [-0.2, -0.15) is 0 Å². The van der Waals surface area contributed by atoms with E-state index in [0.717, 1.165) is 25.0 Å². The molecule has 0 radical (unpaired) electrons. The maximum absolute atomic E-state index is 5.97. The molecule has 2 heteroatoms. The van der Waals surface area contributed by atoms with Gasteiger partial charge >= 0.3 is 0 Å². The van der Waals surface area contributed by atoms with Crippen LogP contribution in [0.1, 0.15) is 65.2 Å². The van der Waals surface area contributed by atoms with E-state index in [0.29, 0.717) is 12.1 Å². The predicted molar refractivity (Wildman–Crippen MR) is 76.8 cm³/mol. The zero-order chi connectivity index (χ0) is 12.8. The molecule has 2 fully saturated rings. The van der Waals surface area contributed by atoms with Crippen LogP contribution >= 0.6 is 0 Å². The first-order valence-electron chi connectivity index (χ1n) is 8.20. The standard InChI is InChI=1S/C16H31NO/c1-3-10-17-16(15-9-6-11-18-15)14-8-5-7-13(4-2)12-14/h13-17H,3-12H2,1-2H3. The predicted octanol–water partition coefficient (Wildman–Crippen LogP) is 3.75. The minimum atomic E-state index is 0.497. The summed E-state index contributed by atoms with van der Waals surface area (Å²) < 4.78 is 5.97. The summed E-state index contributed by atoms with van der Waals surface area (Å²) >= 11 is 0. The molecule has 1 saturated heterocycles. The molecule has 4 unspecified atom stereocenters. The second kappa shape index (κ2) is 7.49. The van der Waals surface area contributed by atoms with E-state index in [4.69, 9.17) is 4.74 Å². The summed E-state index contributed by atoms with van der Waals surface area (Å²) in [4.78, 5) is 0. The van der Waals surface area contributed by atoms with Crippen LogP contribution in [0.4, 0.5) is 0 Å². The molecule has 0 aromatic carbocycles. The van der Waals surface area contributed by atoms with E-state index in [-0.39, 0.29) is 0 Å². The maximum Gasteiger partial charge on any atom is 0.0731 e. The molecule has 1 aliphatic carbocycles. The van der Waals surface area contributed by atoms with E-state index in [1.165, 1.54) is 51.4 Å². The van der Waals surface area contributed by atoms with Crippen molar-refractivity contribution in [3.63, 3.8) is 0 Å². The van der Waals surface area contributed by atoms with Crippen molar-refractivity contribution in [1.29, 1.82) is 0 Å². The topological polar surface area (TPSA) is 21.3 Å². The third kappa shape index (κ3) is 3.71. The lowest BCUT2D eigenvalue weighted by Crippen LogP contribution is -2.47. The zero-order valence-corrected chi connectivity index (χ0v) is 12.3. The van der Waals surface area contributed by atoms with Crippen LogP contribution in [-0.2, 0) is 4.74 Å². The molecule has 0 bridgehead atoms. The van der Waals surface area contributed by atoms with Gasteiger partial charge in [0.05, 0.1) is 6.10 Å². The van der Waals surface area contributed by atoms with E-state index in [1.807, 2.05) is 0 Å². The van der Waals surface area contributed by atoms with Gasteiger partial charge in [0.2, 0.25) is 0 Å². The maximum atomic E-state index is 5.97. The fourth-order valence-electron chi connectivity index (χ4n) is 3.83. The van der Waals surface area contributed by atoms with Gasteiger partial charge in [-0.3, -0.25) is 0 Å². The highest BCUT2D eigenvalue weighted by Crippen LogP contribution is 2.35. The van der Waals surface area contributed by atoms with Gasteiger partial charge in [0, 0.05) is 12.6 Å². The molecule has 1 N–H and O–H groups in total. The fourth-order valence-corrected chi connectivity index (χ4v) is 3.83. The highest BCUT2D eigenvalue weighted by molar-refractivity contribution is 4.89. The molecule has 2 rings (SSSR count). The molecule has 1 saturated carbocycles. The van der Waals surface area contributed by atoms with Crippen LogP contribution in [0, 0.1) is 11.8 Å². The third-order valence-corrected chi connectivity index (χ3v) is 4.90. The summed E-state index contributed by atoms with van der Waals surface area (Å²) in [6, 6.07) is 0.627. The summed E-state index contributed by atoms with van der Waals surface area (Å²) in [6.07, 6.45) is 11.4. The minimum absolute atomic E-state index is 0.497. The molecular weight excluding hydrogens is 222 g/mol. The lowest BCUT2D eigenvalue weighted by atomic mass is 9.75. The average Bonchev–Trinajstić information content (AvgIpc) is 2.93. The van der Waals surface area contributed by atoms with Crippen LogP contribution in [0.2, 0.25) is 0 Å². The largest absolute Gasteiger partial charge is 0.377 e. The van der Waals surface area contributed by atoms with Gasteiger partial charge in [0.25, 0.3) is 0 Å². The normalized spacial score (nSPS) is 34.7. The molecule has 106 valence electrons. The highest BCUT2D eigenvalue weighted by Gasteiger charge is 2.34. The number of rotatable bonds is 6. The Morgan fingerprint density at radius 3 is 2.72 bits per heavy atom. The van der Waals surface area contributed by atoms with Gasteiger partial charge in [-0.25, -0.2) is 0 Å². The van der Waals surface area contributed by atoms with Crippen LogP contribution < -0.4 is 5.32 Å². The van der Waals surface area contributed by atoms with Crippen LogP contribution in [0.3, 0.4) is 0 Å². The van der Waals surface area contributed by atoms with E-state index in [9.17, 15) is 0 Å². The van der Waals surface area contributed by atoms with Crippen molar-refractivity contribution in [3.05, 3.63) is 0 Å². The first-order chi connectivity index (χ1) is 8.85. The number of hydrogen-bond donors (Lipinski definition) is 1. The Morgan fingerprint density at radius 2 is 2.06 bits per heavy atom. The molecule has 1 heterocycles. The van der Waals surface area contributed by atoms with E-state index >= 15 is 0 Å². The summed E-state index contributed by atoms with van der Waals surface area (Å²) in [5, 5.41) is 3.80. The number of hydrogen-bond acceptors (Lipinski definition) is 2. The molecule has 0 spiro atoms. The van der Waals surface area contributed by atoms with Crippen molar-refractivity contribution in [2.45, 2.75) is 77.4 Å². The van der Waals surface area contributed by atoms with Gasteiger partial charge in [-0.15, -0.1) is 0 Å². The number of ether oxygens (including phenoxy) is 1. The van der Waals surface area contributed by atoms with Crippen molar-refractivity contribution in [3.8, 4) is 0 Å². The third-order valence-electron chi connectivity index (χ3n) is 4.90. The molecule has 0 aromatic heterocycles. The van der Waals surface area contributed by atoms with Crippen LogP contribution in [0.15, 0.2) is 0 Å². The molecule has 1 aliphatic heterocycles. The second-order valence-corrected chi connectivity index (χ2v) is 6.23. The van der Waals surface area contributed by atoms with Crippen molar-refractivity contribution >= 4 is 0 Å². The second-order valence-electron chi connectivity index (χ2n) is 6.23. The van der Waals surface area contributed by atoms with E-state index in [2.05, 4.69) is 19.2 Å². The summed E-state index contributed by atoms with van der Waals surface area (Å²) in [5.41, 5.74) is 0.